The van der Waals surface area contributed by atoms with Gasteiger partial charge in [-0.3, -0.25) is 4.21 Å². The summed E-state index contributed by atoms with van der Waals surface area (Å²) in [4.78, 5) is 0. The highest BCUT2D eigenvalue weighted by molar-refractivity contribution is 7.86. The standard InChI is InChI=1S/C18H37NOS/c1-15(2)16(3)21(20)18-14-12-10-8-6-5-7-9-11-13-17(18)19-4/h15-19H,5-14H2,1-4H3. The summed E-state index contributed by atoms with van der Waals surface area (Å²) in [6.07, 6.45) is 13.1. The van der Waals surface area contributed by atoms with Crippen molar-refractivity contribution >= 4 is 10.8 Å². The Bertz CT molecular complexity index is 293. The molecule has 2 nitrogen and oxygen atoms in total. The van der Waals surface area contributed by atoms with E-state index in [1.165, 1.54) is 57.8 Å². The number of rotatable bonds is 4. The van der Waals surface area contributed by atoms with Crippen molar-refractivity contribution in [3.05, 3.63) is 0 Å². The van der Waals surface area contributed by atoms with E-state index in [1.54, 1.807) is 0 Å². The summed E-state index contributed by atoms with van der Waals surface area (Å²) in [5, 5.41) is 4.13. The largest absolute Gasteiger partial charge is 0.316 e. The van der Waals surface area contributed by atoms with E-state index in [2.05, 4.69) is 33.1 Å². The fourth-order valence-corrected chi connectivity index (χ4v) is 5.39. The van der Waals surface area contributed by atoms with Gasteiger partial charge in [0.15, 0.2) is 0 Å². The molecule has 0 aromatic heterocycles. The summed E-state index contributed by atoms with van der Waals surface area (Å²) >= 11 is 0. The van der Waals surface area contributed by atoms with E-state index in [0.717, 1.165) is 6.42 Å². The number of hydrogen-bond donors (Lipinski definition) is 1. The Morgan fingerprint density at radius 1 is 0.857 bits per heavy atom. The van der Waals surface area contributed by atoms with E-state index in [-0.39, 0.29) is 0 Å². The lowest BCUT2D eigenvalue weighted by Crippen LogP contribution is -2.43. The molecule has 4 atom stereocenters. The van der Waals surface area contributed by atoms with E-state index in [0.29, 0.717) is 22.5 Å². The van der Waals surface area contributed by atoms with Crippen LogP contribution in [0.2, 0.25) is 0 Å². The van der Waals surface area contributed by atoms with Gasteiger partial charge in [-0.2, -0.15) is 0 Å². The molecule has 1 fully saturated rings. The van der Waals surface area contributed by atoms with Gasteiger partial charge in [0.1, 0.15) is 0 Å². The molecule has 1 aliphatic rings. The highest BCUT2D eigenvalue weighted by Crippen LogP contribution is 2.24. The van der Waals surface area contributed by atoms with Crippen LogP contribution in [0, 0.1) is 5.92 Å². The summed E-state index contributed by atoms with van der Waals surface area (Å²) in [7, 11) is 1.34. The Balaban J connectivity index is 2.72. The SMILES string of the molecule is CNC1CCCCCCCCCCC1S(=O)C(C)C(C)C. The molecule has 0 bridgehead atoms. The fraction of sp³-hybridized carbons (Fsp3) is 1.00. The van der Waals surface area contributed by atoms with Crippen LogP contribution < -0.4 is 5.32 Å². The Labute approximate surface area is 135 Å². The minimum atomic E-state index is -0.716. The van der Waals surface area contributed by atoms with Gasteiger partial charge < -0.3 is 5.32 Å². The van der Waals surface area contributed by atoms with Gasteiger partial charge in [-0.15, -0.1) is 0 Å². The van der Waals surface area contributed by atoms with Crippen molar-refractivity contribution < 1.29 is 4.21 Å². The smallest absolute Gasteiger partial charge is 0.0503 e. The lowest BCUT2D eigenvalue weighted by atomic mass is 9.97. The van der Waals surface area contributed by atoms with Crippen molar-refractivity contribution in [2.45, 2.75) is 102 Å². The van der Waals surface area contributed by atoms with Gasteiger partial charge in [0.05, 0.1) is 5.25 Å². The molecular formula is C18H37NOS. The van der Waals surface area contributed by atoms with Gasteiger partial charge in [-0.05, 0) is 25.8 Å². The molecule has 1 rings (SSSR count). The maximum absolute atomic E-state index is 13.0. The van der Waals surface area contributed by atoms with Crippen LogP contribution in [0.4, 0.5) is 0 Å². The van der Waals surface area contributed by atoms with Crippen molar-refractivity contribution in [3.8, 4) is 0 Å². The average molecular weight is 316 g/mol. The average Bonchev–Trinajstić information content (AvgIpc) is 2.46. The molecule has 3 heteroatoms. The Morgan fingerprint density at radius 2 is 1.33 bits per heavy atom. The predicted molar refractivity (Wildman–Crippen MR) is 95.2 cm³/mol. The zero-order valence-electron chi connectivity index (χ0n) is 14.7. The topological polar surface area (TPSA) is 29.1 Å². The van der Waals surface area contributed by atoms with Crippen LogP contribution >= 0.6 is 0 Å². The molecular weight excluding hydrogens is 278 g/mol. The summed E-state index contributed by atoms with van der Waals surface area (Å²) in [5.41, 5.74) is 0. The van der Waals surface area contributed by atoms with Crippen molar-refractivity contribution in [3.63, 3.8) is 0 Å². The summed E-state index contributed by atoms with van der Waals surface area (Å²) in [5.74, 6) is 0.504. The van der Waals surface area contributed by atoms with Crippen LogP contribution in [0.1, 0.15) is 85.0 Å². The zero-order valence-corrected chi connectivity index (χ0v) is 15.5. The minimum Gasteiger partial charge on any atom is -0.316 e. The van der Waals surface area contributed by atoms with E-state index in [1.807, 2.05) is 0 Å². The van der Waals surface area contributed by atoms with Crippen molar-refractivity contribution in [2.24, 2.45) is 5.92 Å². The molecule has 1 N–H and O–H groups in total. The van der Waals surface area contributed by atoms with Gasteiger partial charge in [0.2, 0.25) is 0 Å². The predicted octanol–water partition coefficient (Wildman–Crippen LogP) is 4.65. The first kappa shape index (κ1) is 19.2. The number of hydrogen-bond acceptors (Lipinski definition) is 2. The van der Waals surface area contributed by atoms with Gasteiger partial charge in [0, 0.05) is 22.1 Å². The molecule has 126 valence electrons. The Kier molecular flexibility index (Phi) is 9.83. The second-order valence-electron chi connectivity index (χ2n) is 7.12. The monoisotopic (exact) mass is 315 g/mol. The van der Waals surface area contributed by atoms with E-state index in [4.69, 9.17) is 0 Å². The normalized spacial score (nSPS) is 29.4. The first-order valence-corrected chi connectivity index (χ1v) is 10.4. The van der Waals surface area contributed by atoms with E-state index < -0.39 is 10.8 Å². The molecule has 21 heavy (non-hydrogen) atoms. The third kappa shape index (κ3) is 6.81. The van der Waals surface area contributed by atoms with Crippen molar-refractivity contribution in [1.82, 2.24) is 5.32 Å². The maximum atomic E-state index is 13.0. The molecule has 4 unspecified atom stereocenters. The van der Waals surface area contributed by atoms with Crippen molar-refractivity contribution in [2.75, 3.05) is 7.05 Å². The van der Waals surface area contributed by atoms with Crippen LogP contribution in [0.15, 0.2) is 0 Å². The summed E-state index contributed by atoms with van der Waals surface area (Å²) in [6.45, 7) is 6.57. The van der Waals surface area contributed by atoms with E-state index >= 15 is 0 Å². The van der Waals surface area contributed by atoms with Gasteiger partial charge in [0.25, 0.3) is 0 Å². The molecule has 0 amide bonds. The molecule has 1 saturated carbocycles. The molecule has 0 aromatic carbocycles. The molecule has 0 heterocycles. The molecule has 0 aliphatic heterocycles. The summed E-state index contributed by atoms with van der Waals surface area (Å²) < 4.78 is 13.0. The molecule has 0 radical (unpaired) electrons. The van der Waals surface area contributed by atoms with Gasteiger partial charge in [-0.1, -0.05) is 72.1 Å². The lowest BCUT2D eigenvalue weighted by Gasteiger charge is -2.30. The third-order valence-electron chi connectivity index (χ3n) is 5.18. The van der Waals surface area contributed by atoms with Crippen molar-refractivity contribution in [1.29, 1.82) is 0 Å². The van der Waals surface area contributed by atoms with Crippen LogP contribution in [0.5, 0.6) is 0 Å². The molecule has 0 saturated heterocycles. The zero-order chi connectivity index (χ0) is 15.7. The molecule has 0 spiro atoms. The van der Waals surface area contributed by atoms with Crippen LogP contribution in [-0.2, 0) is 10.8 Å². The second-order valence-corrected chi connectivity index (χ2v) is 9.12. The fourth-order valence-electron chi connectivity index (χ4n) is 3.31. The van der Waals surface area contributed by atoms with Crippen LogP contribution in [-0.4, -0.2) is 27.8 Å². The Morgan fingerprint density at radius 3 is 1.81 bits per heavy atom. The van der Waals surface area contributed by atoms with Crippen LogP contribution in [0.25, 0.3) is 0 Å². The highest BCUT2D eigenvalue weighted by Gasteiger charge is 2.29. The van der Waals surface area contributed by atoms with Gasteiger partial charge >= 0.3 is 0 Å². The highest BCUT2D eigenvalue weighted by atomic mass is 32.2. The number of nitrogens with one attached hydrogen (secondary N) is 1. The van der Waals surface area contributed by atoms with Gasteiger partial charge in [-0.25, -0.2) is 0 Å². The lowest BCUT2D eigenvalue weighted by molar-refractivity contribution is 0.425. The van der Waals surface area contributed by atoms with E-state index in [9.17, 15) is 4.21 Å². The Hall–Kier alpha value is 0.110. The second kappa shape index (κ2) is 10.8. The first-order chi connectivity index (χ1) is 10.1. The molecule has 0 aromatic rings. The molecule has 1 aliphatic carbocycles. The first-order valence-electron chi connectivity index (χ1n) is 9.14. The van der Waals surface area contributed by atoms with Crippen LogP contribution in [0.3, 0.4) is 0 Å². The third-order valence-corrected chi connectivity index (χ3v) is 7.62. The quantitative estimate of drug-likeness (QED) is 0.818. The summed E-state index contributed by atoms with van der Waals surface area (Å²) in [6, 6.07) is 0.437. The minimum absolute atomic E-state index is 0.304. The maximum Gasteiger partial charge on any atom is 0.0503 e.